The molecule has 0 saturated heterocycles. The lowest BCUT2D eigenvalue weighted by Crippen LogP contribution is -2.19. The van der Waals surface area contributed by atoms with Gasteiger partial charge >= 0.3 is 0 Å². The molecule has 1 aromatic carbocycles. The summed E-state index contributed by atoms with van der Waals surface area (Å²) < 4.78 is 12.7. The van der Waals surface area contributed by atoms with Crippen LogP contribution in [-0.4, -0.2) is 18.3 Å². The Hall–Kier alpha value is -0.930. The third-order valence-corrected chi connectivity index (χ3v) is 2.66. The fraction of sp³-hybridized carbons (Fsp3) is 0.538. The van der Waals surface area contributed by atoms with Crippen LogP contribution in [0, 0.1) is 5.82 Å². The van der Waals surface area contributed by atoms with Crippen LogP contribution in [-0.2, 0) is 0 Å². The maximum Gasteiger partial charge on any atom is 0.123 e. The smallest absolute Gasteiger partial charge is 0.123 e. The molecular weight excluding hydrogens is 205 g/mol. The first-order chi connectivity index (χ1) is 7.74. The summed E-state index contributed by atoms with van der Waals surface area (Å²) in [6.45, 7) is 3.27. The molecule has 1 aromatic rings. The van der Waals surface area contributed by atoms with Crippen molar-refractivity contribution >= 4 is 0 Å². The summed E-state index contributed by atoms with van der Waals surface area (Å²) in [4.78, 5) is 0. The minimum absolute atomic E-state index is 0.195. The van der Waals surface area contributed by atoms with E-state index in [9.17, 15) is 4.39 Å². The van der Waals surface area contributed by atoms with E-state index in [1.54, 1.807) is 12.1 Å². The van der Waals surface area contributed by atoms with Crippen LogP contribution in [0.2, 0.25) is 0 Å². The quantitative estimate of drug-likeness (QED) is 0.699. The zero-order valence-corrected chi connectivity index (χ0v) is 9.75. The lowest BCUT2D eigenvalue weighted by molar-refractivity contribution is 0.282. The Morgan fingerprint density at radius 1 is 1.19 bits per heavy atom. The number of hydrogen-bond acceptors (Lipinski definition) is 2. The van der Waals surface area contributed by atoms with Crippen LogP contribution in [0.4, 0.5) is 4.39 Å². The van der Waals surface area contributed by atoms with Crippen LogP contribution in [0.25, 0.3) is 0 Å². The molecule has 0 amide bonds. The van der Waals surface area contributed by atoms with Gasteiger partial charge in [-0.05, 0) is 50.4 Å². The predicted molar refractivity (Wildman–Crippen MR) is 63.8 cm³/mol. The molecule has 3 heteroatoms. The van der Waals surface area contributed by atoms with Crippen molar-refractivity contribution in [1.29, 1.82) is 0 Å². The van der Waals surface area contributed by atoms with Gasteiger partial charge in [0, 0.05) is 12.6 Å². The Morgan fingerprint density at radius 3 is 2.50 bits per heavy atom. The van der Waals surface area contributed by atoms with E-state index < -0.39 is 0 Å². The summed E-state index contributed by atoms with van der Waals surface area (Å²) in [5.74, 6) is -0.195. The highest BCUT2D eigenvalue weighted by molar-refractivity contribution is 5.19. The molecule has 0 bridgehead atoms. The van der Waals surface area contributed by atoms with Gasteiger partial charge in [-0.15, -0.1) is 0 Å². The van der Waals surface area contributed by atoms with Gasteiger partial charge < -0.3 is 10.4 Å². The molecule has 0 heterocycles. The zero-order chi connectivity index (χ0) is 11.8. The summed E-state index contributed by atoms with van der Waals surface area (Å²) in [6.07, 6.45) is 2.97. The Morgan fingerprint density at radius 2 is 1.88 bits per heavy atom. The average molecular weight is 225 g/mol. The van der Waals surface area contributed by atoms with Gasteiger partial charge in [0.25, 0.3) is 0 Å². The highest BCUT2D eigenvalue weighted by atomic mass is 19.1. The molecule has 0 unspecified atom stereocenters. The van der Waals surface area contributed by atoms with Crippen molar-refractivity contribution in [3.63, 3.8) is 0 Å². The van der Waals surface area contributed by atoms with Crippen molar-refractivity contribution in [1.82, 2.24) is 5.32 Å². The Labute approximate surface area is 96.5 Å². The molecule has 1 rings (SSSR count). The minimum atomic E-state index is -0.195. The van der Waals surface area contributed by atoms with Crippen LogP contribution in [0.1, 0.15) is 37.8 Å². The van der Waals surface area contributed by atoms with Gasteiger partial charge in [-0.3, -0.25) is 0 Å². The highest BCUT2D eigenvalue weighted by Crippen LogP contribution is 2.12. The lowest BCUT2D eigenvalue weighted by atomic mass is 10.1. The second kappa shape index (κ2) is 7.36. The number of halogens is 1. The molecule has 0 saturated carbocycles. The van der Waals surface area contributed by atoms with Crippen molar-refractivity contribution in [2.75, 3.05) is 13.2 Å². The minimum Gasteiger partial charge on any atom is -0.396 e. The van der Waals surface area contributed by atoms with Gasteiger partial charge in [-0.1, -0.05) is 12.1 Å². The molecule has 0 fully saturated rings. The van der Waals surface area contributed by atoms with Gasteiger partial charge in [-0.25, -0.2) is 4.39 Å². The van der Waals surface area contributed by atoms with E-state index in [2.05, 4.69) is 12.2 Å². The number of benzene rings is 1. The molecular formula is C13H20FNO. The number of hydrogen-bond donors (Lipinski definition) is 2. The fourth-order valence-corrected chi connectivity index (χ4v) is 1.60. The van der Waals surface area contributed by atoms with Gasteiger partial charge in [0.15, 0.2) is 0 Å². The molecule has 0 spiro atoms. The van der Waals surface area contributed by atoms with E-state index in [4.69, 9.17) is 5.11 Å². The molecule has 0 aromatic heterocycles. The van der Waals surface area contributed by atoms with Gasteiger partial charge in [0.05, 0.1) is 0 Å². The topological polar surface area (TPSA) is 32.3 Å². The molecule has 2 N–H and O–H groups in total. The first-order valence-electron chi connectivity index (χ1n) is 5.83. The maximum absolute atomic E-state index is 12.7. The summed E-state index contributed by atoms with van der Waals surface area (Å²) >= 11 is 0. The number of unbranched alkanes of at least 4 members (excludes halogenated alkanes) is 2. The van der Waals surface area contributed by atoms with Crippen LogP contribution < -0.4 is 5.32 Å². The Bertz CT molecular complexity index is 286. The third kappa shape index (κ3) is 4.73. The van der Waals surface area contributed by atoms with E-state index in [1.807, 2.05) is 0 Å². The number of aliphatic hydroxyl groups is 1. The van der Waals surface area contributed by atoms with Gasteiger partial charge in [-0.2, -0.15) is 0 Å². The highest BCUT2D eigenvalue weighted by Gasteiger charge is 2.03. The zero-order valence-electron chi connectivity index (χ0n) is 9.75. The average Bonchev–Trinajstić information content (AvgIpc) is 2.29. The van der Waals surface area contributed by atoms with Crippen LogP contribution >= 0.6 is 0 Å². The van der Waals surface area contributed by atoms with Crippen molar-refractivity contribution < 1.29 is 9.50 Å². The van der Waals surface area contributed by atoms with E-state index in [0.717, 1.165) is 31.4 Å². The molecule has 2 nitrogen and oxygen atoms in total. The van der Waals surface area contributed by atoms with Crippen LogP contribution in [0.3, 0.4) is 0 Å². The molecule has 1 atom stereocenters. The fourth-order valence-electron chi connectivity index (χ4n) is 1.60. The second-order valence-electron chi connectivity index (χ2n) is 4.01. The normalized spacial score (nSPS) is 12.7. The largest absolute Gasteiger partial charge is 0.396 e. The molecule has 16 heavy (non-hydrogen) atoms. The van der Waals surface area contributed by atoms with E-state index in [0.29, 0.717) is 0 Å². The monoisotopic (exact) mass is 225 g/mol. The summed E-state index contributed by atoms with van der Waals surface area (Å²) in [5, 5.41) is 12.0. The number of aliphatic hydroxyl groups excluding tert-OH is 1. The van der Waals surface area contributed by atoms with E-state index >= 15 is 0 Å². The number of rotatable bonds is 7. The van der Waals surface area contributed by atoms with E-state index in [-0.39, 0.29) is 18.5 Å². The van der Waals surface area contributed by atoms with Crippen molar-refractivity contribution in [2.45, 2.75) is 32.2 Å². The first kappa shape index (κ1) is 13.1. The van der Waals surface area contributed by atoms with Gasteiger partial charge in [0.1, 0.15) is 5.82 Å². The standard InChI is InChI=1S/C13H20FNO/c1-11(15-9-3-2-4-10-16)12-5-7-13(14)8-6-12/h5-8,11,15-16H,2-4,9-10H2,1H3/t11-/m0/s1. The molecule has 90 valence electrons. The SMILES string of the molecule is C[C@H](NCCCCCO)c1ccc(F)cc1. The lowest BCUT2D eigenvalue weighted by Gasteiger charge is -2.13. The molecule has 0 aliphatic heterocycles. The van der Waals surface area contributed by atoms with Crippen molar-refractivity contribution in [2.24, 2.45) is 0 Å². The summed E-state index contributed by atoms with van der Waals surface area (Å²) in [5.41, 5.74) is 1.10. The Balaban J connectivity index is 2.24. The van der Waals surface area contributed by atoms with E-state index in [1.165, 1.54) is 12.1 Å². The predicted octanol–water partition coefficient (Wildman–Crippen LogP) is 2.64. The van der Waals surface area contributed by atoms with Crippen LogP contribution in [0.5, 0.6) is 0 Å². The molecule has 0 aliphatic carbocycles. The maximum atomic E-state index is 12.7. The van der Waals surface area contributed by atoms with Crippen molar-refractivity contribution in [3.05, 3.63) is 35.6 Å². The second-order valence-corrected chi connectivity index (χ2v) is 4.01. The van der Waals surface area contributed by atoms with Crippen molar-refractivity contribution in [3.8, 4) is 0 Å². The number of nitrogens with one attached hydrogen (secondary N) is 1. The summed E-state index contributed by atoms with van der Waals surface area (Å²) in [7, 11) is 0. The van der Waals surface area contributed by atoms with Crippen LogP contribution in [0.15, 0.2) is 24.3 Å². The first-order valence-corrected chi connectivity index (χ1v) is 5.83. The Kier molecular flexibility index (Phi) is 6.04. The summed E-state index contributed by atoms with van der Waals surface area (Å²) in [6, 6.07) is 6.83. The molecule has 0 radical (unpaired) electrons. The third-order valence-electron chi connectivity index (χ3n) is 2.66. The van der Waals surface area contributed by atoms with Gasteiger partial charge in [0.2, 0.25) is 0 Å². The molecule has 0 aliphatic rings.